The third kappa shape index (κ3) is 5.73. The summed E-state index contributed by atoms with van der Waals surface area (Å²) in [6, 6.07) is 7.21. The topological polar surface area (TPSA) is 61.4 Å². The van der Waals surface area contributed by atoms with Gasteiger partial charge in [-0.2, -0.15) is 0 Å². The molecule has 1 aromatic rings. The molecule has 0 aromatic heterocycles. The van der Waals surface area contributed by atoms with E-state index in [0.29, 0.717) is 0 Å². The molecule has 0 bridgehead atoms. The Morgan fingerprint density at radius 2 is 1.90 bits per heavy atom. The van der Waals surface area contributed by atoms with Crippen molar-refractivity contribution in [2.45, 2.75) is 33.2 Å². The van der Waals surface area contributed by atoms with Crippen LogP contribution in [0, 0.1) is 6.92 Å². The Morgan fingerprint density at radius 3 is 2.45 bits per heavy atom. The first-order chi connectivity index (χ1) is 9.17. The Morgan fingerprint density at radius 1 is 1.25 bits per heavy atom. The highest BCUT2D eigenvalue weighted by Crippen LogP contribution is 2.10. The fourth-order valence-corrected chi connectivity index (χ4v) is 1.69. The third-order valence-corrected chi connectivity index (χ3v) is 2.51. The van der Waals surface area contributed by atoms with Gasteiger partial charge in [0.05, 0.1) is 0 Å². The number of carbonyl (C=O) groups is 2. The zero-order valence-corrected chi connectivity index (χ0v) is 12.8. The second-order valence-corrected chi connectivity index (χ2v) is 5.95. The molecule has 2 N–H and O–H groups in total. The lowest BCUT2D eigenvalue weighted by Gasteiger charge is -2.23. The van der Waals surface area contributed by atoms with Crippen LogP contribution in [0.5, 0.6) is 0 Å². The molecule has 1 rings (SSSR count). The lowest BCUT2D eigenvalue weighted by Crippen LogP contribution is -2.47. The Labute approximate surface area is 120 Å². The summed E-state index contributed by atoms with van der Waals surface area (Å²) in [6.07, 6.45) is 0. The van der Waals surface area contributed by atoms with Gasteiger partial charge in [-0.1, -0.05) is 12.1 Å². The van der Waals surface area contributed by atoms with Crippen LogP contribution in [0.1, 0.15) is 26.3 Å². The van der Waals surface area contributed by atoms with Gasteiger partial charge in [0.1, 0.15) is 6.54 Å². The molecule has 0 fully saturated rings. The van der Waals surface area contributed by atoms with Crippen molar-refractivity contribution in [2.75, 3.05) is 18.9 Å². The first kappa shape index (κ1) is 16.0. The highest BCUT2D eigenvalue weighted by molar-refractivity contribution is 5.92. The fraction of sp³-hybridized carbons (Fsp3) is 0.467. The maximum absolute atomic E-state index is 12.0. The van der Waals surface area contributed by atoms with E-state index < -0.39 is 0 Å². The van der Waals surface area contributed by atoms with E-state index in [1.54, 1.807) is 7.05 Å². The zero-order chi connectivity index (χ0) is 15.3. The molecule has 0 atom stereocenters. The van der Waals surface area contributed by atoms with Crippen molar-refractivity contribution < 1.29 is 9.59 Å². The van der Waals surface area contributed by atoms with E-state index in [1.165, 1.54) is 4.90 Å². The molecule has 0 saturated heterocycles. The van der Waals surface area contributed by atoms with Crippen LogP contribution in [0.4, 0.5) is 10.5 Å². The van der Waals surface area contributed by atoms with Crippen molar-refractivity contribution in [2.24, 2.45) is 0 Å². The number of nitrogens with one attached hydrogen (secondary N) is 2. The van der Waals surface area contributed by atoms with Gasteiger partial charge in [0.2, 0.25) is 5.91 Å². The van der Waals surface area contributed by atoms with Gasteiger partial charge in [0.25, 0.3) is 0 Å². The number of rotatable bonds is 3. The van der Waals surface area contributed by atoms with Crippen LogP contribution in [-0.2, 0) is 4.79 Å². The highest BCUT2D eigenvalue weighted by Gasteiger charge is 2.17. The van der Waals surface area contributed by atoms with E-state index in [2.05, 4.69) is 10.6 Å². The van der Waals surface area contributed by atoms with Gasteiger partial charge in [-0.05, 0) is 45.4 Å². The number of hydrogen-bond donors (Lipinski definition) is 2. The molecule has 5 heteroatoms. The number of nitrogens with zero attached hydrogens (tertiary/aromatic N) is 1. The summed E-state index contributed by atoms with van der Waals surface area (Å²) in [4.78, 5) is 25.1. The number of aryl methyl sites for hydroxylation is 1. The van der Waals surface area contributed by atoms with Crippen molar-refractivity contribution in [1.29, 1.82) is 0 Å². The fourth-order valence-electron chi connectivity index (χ4n) is 1.69. The summed E-state index contributed by atoms with van der Waals surface area (Å²) >= 11 is 0. The average Bonchev–Trinajstić information content (AvgIpc) is 2.25. The zero-order valence-electron chi connectivity index (χ0n) is 12.8. The first-order valence-corrected chi connectivity index (χ1v) is 6.57. The standard InChI is InChI=1S/C15H23N3O2/c1-11-7-6-8-12(9-11)16-14(20)18(5)10-13(19)17-15(2,3)4/h6-9H,10H2,1-5H3,(H,16,20)(H,17,19). The van der Waals surface area contributed by atoms with E-state index >= 15 is 0 Å². The molecule has 0 unspecified atom stereocenters. The summed E-state index contributed by atoms with van der Waals surface area (Å²) in [5, 5.41) is 5.57. The van der Waals surface area contributed by atoms with E-state index in [-0.39, 0.29) is 24.0 Å². The van der Waals surface area contributed by atoms with E-state index in [1.807, 2.05) is 52.0 Å². The number of likely N-dealkylation sites (N-methyl/N-ethyl adjacent to an activating group) is 1. The van der Waals surface area contributed by atoms with E-state index in [0.717, 1.165) is 11.3 Å². The number of carbonyl (C=O) groups excluding carboxylic acids is 2. The number of benzene rings is 1. The highest BCUT2D eigenvalue weighted by atomic mass is 16.2. The Kier molecular flexibility index (Phi) is 5.13. The van der Waals surface area contributed by atoms with Crippen LogP contribution in [0.3, 0.4) is 0 Å². The smallest absolute Gasteiger partial charge is 0.322 e. The average molecular weight is 277 g/mol. The van der Waals surface area contributed by atoms with Gasteiger partial charge >= 0.3 is 6.03 Å². The van der Waals surface area contributed by atoms with E-state index in [4.69, 9.17) is 0 Å². The second kappa shape index (κ2) is 6.41. The molecular formula is C15H23N3O2. The quantitative estimate of drug-likeness (QED) is 0.891. The summed E-state index contributed by atoms with van der Waals surface area (Å²) in [5.74, 6) is -0.181. The lowest BCUT2D eigenvalue weighted by molar-refractivity contribution is -0.122. The minimum absolute atomic E-state index is 0.0227. The minimum Gasteiger partial charge on any atom is -0.350 e. The maximum atomic E-state index is 12.0. The molecule has 0 saturated carbocycles. The minimum atomic E-state index is -0.306. The van der Waals surface area contributed by atoms with Gasteiger partial charge in [-0.3, -0.25) is 4.79 Å². The molecule has 0 heterocycles. The SMILES string of the molecule is Cc1cccc(NC(=O)N(C)CC(=O)NC(C)(C)C)c1. The van der Waals surface area contributed by atoms with E-state index in [9.17, 15) is 9.59 Å². The number of hydrogen-bond acceptors (Lipinski definition) is 2. The molecule has 0 spiro atoms. The molecule has 0 aliphatic carbocycles. The molecular weight excluding hydrogens is 254 g/mol. The van der Waals surface area contributed by atoms with Gasteiger partial charge in [0.15, 0.2) is 0 Å². The number of amides is 3. The number of anilines is 1. The summed E-state index contributed by atoms with van der Waals surface area (Å²) in [6.45, 7) is 7.68. The molecule has 0 aliphatic heterocycles. The first-order valence-electron chi connectivity index (χ1n) is 6.57. The molecule has 20 heavy (non-hydrogen) atoms. The molecule has 5 nitrogen and oxygen atoms in total. The summed E-state index contributed by atoms with van der Waals surface area (Å²) in [7, 11) is 1.59. The van der Waals surface area contributed by atoms with Crippen molar-refractivity contribution in [1.82, 2.24) is 10.2 Å². The van der Waals surface area contributed by atoms with Gasteiger partial charge in [-0.15, -0.1) is 0 Å². The van der Waals surface area contributed by atoms with Crippen molar-refractivity contribution in [3.05, 3.63) is 29.8 Å². The van der Waals surface area contributed by atoms with Gasteiger partial charge in [0, 0.05) is 18.3 Å². The monoisotopic (exact) mass is 277 g/mol. The lowest BCUT2D eigenvalue weighted by atomic mass is 10.1. The largest absolute Gasteiger partial charge is 0.350 e. The summed E-state index contributed by atoms with van der Waals surface area (Å²) < 4.78 is 0. The molecule has 110 valence electrons. The van der Waals surface area contributed by atoms with Gasteiger partial charge < -0.3 is 15.5 Å². The normalized spacial score (nSPS) is 10.8. The molecule has 3 amide bonds. The third-order valence-electron chi connectivity index (χ3n) is 2.51. The second-order valence-electron chi connectivity index (χ2n) is 5.95. The Hall–Kier alpha value is -2.04. The molecule has 0 radical (unpaired) electrons. The predicted molar refractivity (Wildman–Crippen MR) is 80.7 cm³/mol. The van der Waals surface area contributed by atoms with Crippen LogP contribution in [0.25, 0.3) is 0 Å². The van der Waals surface area contributed by atoms with Crippen LogP contribution >= 0.6 is 0 Å². The molecule has 0 aliphatic rings. The van der Waals surface area contributed by atoms with Crippen LogP contribution in [0.2, 0.25) is 0 Å². The predicted octanol–water partition coefficient (Wildman–Crippen LogP) is 2.37. The number of urea groups is 1. The van der Waals surface area contributed by atoms with Gasteiger partial charge in [-0.25, -0.2) is 4.79 Å². The van der Waals surface area contributed by atoms with Crippen molar-refractivity contribution in [3.8, 4) is 0 Å². The van der Waals surface area contributed by atoms with Crippen LogP contribution < -0.4 is 10.6 Å². The molecule has 1 aromatic carbocycles. The maximum Gasteiger partial charge on any atom is 0.322 e. The van der Waals surface area contributed by atoms with Crippen molar-refractivity contribution in [3.63, 3.8) is 0 Å². The van der Waals surface area contributed by atoms with Crippen LogP contribution in [-0.4, -0.2) is 36.0 Å². The Bertz CT molecular complexity index is 492. The summed E-state index contributed by atoms with van der Waals surface area (Å²) in [5.41, 5.74) is 1.49. The van der Waals surface area contributed by atoms with Crippen LogP contribution in [0.15, 0.2) is 24.3 Å². The van der Waals surface area contributed by atoms with Crippen molar-refractivity contribution >= 4 is 17.6 Å². The Balaban J connectivity index is 2.53.